The van der Waals surface area contributed by atoms with Gasteiger partial charge < -0.3 is 10.1 Å². The Morgan fingerprint density at radius 2 is 1.93 bits per heavy atom. The first-order valence-corrected chi connectivity index (χ1v) is 12.0. The lowest BCUT2D eigenvalue weighted by molar-refractivity contribution is 0.0730. The number of aromatic nitrogens is 2. The minimum Gasteiger partial charge on any atom is -0.379 e. The van der Waals surface area contributed by atoms with E-state index in [9.17, 15) is 8.42 Å². The maximum absolute atomic E-state index is 13.2. The molecule has 29 heavy (non-hydrogen) atoms. The molecule has 1 N–H and O–H groups in total. The summed E-state index contributed by atoms with van der Waals surface area (Å²) in [6.45, 7) is 1.77. The molecule has 2 aromatic rings. The van der Waals surface area contributed by atoms with E-state index in [1.54, 1.807) is 10.4 Å². The first kappa shape index (κ1) is 19.1. The molecular formula is C21H28N4O3S. The van der Waals surface area contributed by atoms with Gasteiger partial charge in [0.05, 0.1) is 29.8 Å². The lowest BCUT2D eigenvalue weighted by Gasteiger charge is -2.43. The average Bonchev–Trinajstić information content (AvgIpc) is 3.19. The zero-order valence-corrected chi connectivity index (χ0v) is 17.6. The predicted molar refractivity (Wildman–Crippen MR) is 110 cm³/mol. The molecule has 0 spiro atoms. The number of sulfonamides is 1. The molecule has 3 atom stereocenters. The zero-order valence-electron chi connectivity index (χ0n) is 16.8. The molecule has 3 aliphatic rings. The van der Waals surface area contributed by atoms with Crippen LogP contribution in [0, 0.1) is 5.92 Å². The molecule has 156 valence electrons. The van der Waals surface area contributed by atoms with Crippen molar-refractivity contribution >= 4 is 15.7 Å². The molecule has 0 amide bonds. The van der Waals surface area contributed by atoms with Gasteiger partial charge in [0.25, 0.3) is 0 Å². The van der Waals surface area contributed by atoms with E-state index in [4.69, 9.17) is 4.74 Å². The molecule has 5 rings (SSSR count). The SMILES string of the molecule is Cn1nccc1C1Nc2ccc(S(=O)(=O)N3CCOCC3)cc2C2CCCCC21. The largest absolute Gasteiger partial charge is 0.379 e. The van der Waals surface area contributed by atoms with Crippen LogP contribution in [0.25, 0.3) is 0 Å². The molecule has 1 aromatic heterocycles. The van der Waals surface area contributed by atoms with Crippen molar-refractivity contribution in [2.75, 3.05) is 31.6 Å². The van der Waals surface area contributed by atoms with Crippen LogP contribution in [0.15, 0.2) is 35.4 Å². The molecule has 0 radical (unpaired) electrons. The quantitative estimate of drug-likeness (QED) is 0.833. The summed E-state index contributed by atoms with van der Waals surface area (Å²) in [6, 6.07) is 7.93. The molecule has 3 unspecified atom stereocenters. The summed E-state index contributed by atoms with van der Waals surface area (Å²) in [4.78, 5) is 0.406. The summed E-state index contributed by atoms with van der Waals surface area (Å²) < 4.78 is 35.2. The van der Waals surface area contributed by atoms with E-state index < -0.39 is 10.0 Å². The van der Waals surface area contributed by atoms with Gasteiger partial charge in [-0.1, -0.05) is 12.8 Å². The van der Waals surface area contributed by atoms with Gasteiger partial charge in [0, 0.05) is 32.0 Å². The predicted octanol–water partition coefficient (Wildman–Crippen LogP) is 2.88. The molecule has 0 bridgehead atoms. The highest BCUT2D eigenvalue weighted by atomic mass is 32.2. The van der Waals surface area contributed by atoms with Gasteiger partial charge in [0.1, 0.15) is 0 Å². The maximum Gasteiger partial charge on any atom is 0.243 e. The van der Waals surface area contributed by atoms with Gasteiger partial charge in [-0.2, -0.15) is 9.40 Å². The van der Waals surface area contributed by atoms with Gasteiger partial charge in [-0.15, -0.1) is 0 Å². The highest BCUT2D eigenvalue weighted by Crippen LogP contribution is 2.51. The fourth-order valence-electron chi connectivity index (χ4n) is 5.28. The Kier molecular flexibility index (Phi) is 4.88. The highest BCUT2D eigenvalue weighted by molar-refractivity contribution is 7.89. The van der Waals surface area contributed by atoms with Crippen LogP contribution in [-0.4, -0.2) is 48.8 Å². The highest BCUT2D eigenvalue weighted by Gasteiger charge is 2.40. The summed E-state index contributed by atoms with van der Waals surface area (Å²) in [5.41, 5.74) is 3.40. The summed E-state index contributed by atoms with van der Waals surface area (Å²) in [6.07, 6.45) is 6.52. The molecule has 7 nitrogen and oxygen atoms in total. The van der Waals surface area contributed by atoms with Crippen LogP contribution in [0.1, 0.15) is 48.9 Å². The monoisotopic (exact) mass is 416 g/mol. The number of anilines is 1. The van der Waals surface area contributed by atoms with E-state index in [0.29, 0.717) is 43.0 Å². The number of hydrogen-bond donors (Lipinski definition) is 1. The van der Waals surface area contributed by atoms with E-state index in [0.717, 1.165) is 24.1 Å². The average molecular weight is 417 g/mol. The standard InChI is InChI=1S/C21H28N4O3S/c1-24-20(8-9-22-24)21-17-5-3-2-4-16(17)18-14-15(6-7-19(18)23-21)29(26,27)25-10-12-28-13-11-25/h6-9,14,16-17,21,23H,2-5,10-13H2,1H3. The first-order chi connectivity index (χ1) is 14.1. The molecule has 2 aliphatic heterocycles. The number of nitrogens with zero attached hydrogens (tertiary/aromatic N) is 3. The second-order valence-electron chi connectivity index (χ2n) is 8.32. The van der Waals surface area contributed by atoms with Crippen molar-refractivity contribution in [1.82, 2.24) is 14.1 Å². The zero-order chi connectivity index (χ0) is 20.0. The Morgan fingerprint density at radius 1 is 1.14 bits per heavy atom. The molecule has 1 aromatic carbocycles. The number of aryl methyl sites for hydroxylation is 1. The van der Waals surface area contributed by atoms with Crippen LogP contribution in [0.3, 0.4) is 0 Å². The van der Waals surface area contributed by atoms with Crippen LogP contribution in [0.4, 0.5) is 5.69 Å². The molecule has 2 fully saturated rings. The minimum absolute atomic E-state index is 0.210. The van der Waals surface area contributed by atoms with Gasteiger partial charge >= 0.3 is 0 Å². The van der Waals surface area contributed by atoms with Crippen molar-refractivity contribution in [3.63, 3.8) is 0 Å². The fraction of sp³-hybridized carbons (Fsp3) is 0.571. The number of hydrogen-bond acceptors (Lipinski definition) is 5. The first-order valence-electron chi connectivity index (χ1n) is 10.5. The Morgan fingerprint density at radius 3 is 2.69 bits per heavy atom. The minimum atomic E-state index is -3.49. The molecular weight excluding hydrogens is 388 g/mol. The van der Waals surface area contributed by atoms with Crippen molar-refractivity contribution < 1.29 is 13.2 Å². The van der Waals surface area contributed by atoms with Gasteiger partial charge in [-0.3, -0.25) is 4.68 Å². The van der Waals surface area contributed by atoms with Gasteiger partial charge in [-0.25, -0.2) is 8.42 Å². The van der Waals surface area contributed by atoms with Crippen LogP contribution < -0.4 is 5.32 Å². The van der Waals surface area contributed by atoms with Crippen molar-refractivity contribution in [3.05, 3.63) is 41.7 Å². The van der Waals surface area contributed by atoms with E-state index in [1.165, 1.54) is 18.5 Å². The third-order valence-corrected chi connectivity index (χ3v) is 8.66. The molecule has 1 saturated heterocycles. The third-order valence-electron chi connectivity index (χ3n) is 6.77. The van der Waals surface area contributed by atoms with E-state index >= 15 is 0 Å². The number of rotatable bonds is 3. The second-order valence-corrected chi connectivity index (χ2v) is 10.3. The molecule has 3 heterocycles. The Bertz CT molecular complexity index is 997. The van der Waals surface area contributed by atoms with Crippen LogP contribution >= 0.6 is 0 Å². The lowest BCUT2D eigenvalue weighted by Crippen LogP contribution is -2.40. The van der Waals surface area contributed by atoms with E-state index in [-0.39, 0.29) is 6.04 Å². The van der Waals surface area contributed by atoms with Crippen LogP contribution in [0.2, 0.25) is 0 Å². The normalized spacial score (nSPS) is 27.7. The summed E-state index contributed by atoms with van der Waals surface area (Å²) >= 11 is 0. The lowest BCUT2D eigenvalue weighted by atomic mass is 9.69. The van der Waals surface area contributed by atoms with Crippen molar-refractivity contribution in [3.8, 4) is 0 Å². The third kappa shape index (κ3) is 3.27. The van der Waals surface area contributed by atoms with Crippen molar-refractivity contribution in [2.45, 2.75) is 42.5 Å². The fourth-order valence-corrected chi connectivity index (χ4v) is 6.72. The molecule has 1 saturated carbocycles. The number of ether oxygens (including phenoxy) is 1. The summed E-state index contributed by atoms with van der Waals surface area (Å²) in [5.74, 6) is 0.827. The smallest absolute Gasteiger partial charge is 0.243 e. The van der Waals surface area contributed by atoms with Crippen LogP contribution in [0.5, 0.6) is 0 Å². The van der Waals surface area contributed by atoms with Crippen molar-refractivity contribution in [1.29, 1.82) is 0 Å². The summed E-state index contributed by atoms with van der Waals surface area (Å²) in [5, 5.41) is 8.07. The maximum atomic E-state index is 13.2. The Hall–Kier alpha value is -1.90. The van der Waals surface area contributed by atoms with Gasteiger partial charge in [0.2, 0.25) is 10.0 Å². The number of fused-ring (bicyclic) bond motifs is 3. The van der Waals surface area contributed by atoms with Gasteiger partial charge in [-0.05, 0) is 54.5 Å². The van der Waals surface area contributed by atoms with E-state index in [2.05, 4.69) is 16.5 Å². The number of morpholine rings is 1. The van der Waals surface area contributed by atoms with Crippen molar-refractivity contribution in [2.24, 2.45) is 13.0 Å². The Labute approximate surface area is 172 Å². The van der Waals surface area contributed by atoms with Crippen LogP contribution in [-0.2, 0) is 21.8 Å². The number of benzene rings is 1. The summed E-state index contributed by atoms with van der Waals surface area (Å²) in [7, 11) is -1.50. The second kappa shape index (κ2) is 7.41. The Balaban J connectivity index is 1.53. The number of nitrogens with one attached hydrogen (secondary N) is 1. The topological polar surface area (TPSA) is 76.5 Å². The van der Waals surface area contributed by atoms with E-state index in [1.807, 2.05) is 30.1 Å². The molecule has 1 aliphatic carbocycles. The van der Waals surface area contributed by atoms with Gasteiger partial charge in [0.15, 0.2) is 0 Å². The molecule has 8 heteroatoms.